The molecule has 0 aromatic carbocycles. The molecule has 5 rings (SSSR count). The number of carbonyl (C=O) groups excluding carboxylic acids is 2. The predicted octanol–water partition coefficient (Wildman–Crippen LogP) is 2.54. The third kappa shape index (κ3) is 3.72. The Bertz CT molecular complexity index is 1420. The first-order chi connectivity index (χ1) is 17.4. The zero-order valence-corrected chi connectivity index (χ0v) is 19.3. The maximum absolute atomic E-state index is 12.9. The summed E-state index contributed by atoms with van der Waals surface area (Å²) in [6, 6.07) is 3.32. The van der Waals surface area contributed by atoms with E-state index in [4.69, 9.17) is 9.10 Å². The zero-order chi connectivity index (χ0) is 26.6. The molecule has 0 radical (unpaired) electrons. The Hall–Kier alpha value is -4.02. The summed E-state index contributed by atoms with van der Waals surface area (Å²) in [5.74, 6) is -0.348. The summed E-state index contributed by atoms with van der Waals surface area (Å²) in [6.45, 7) is 1.16. The Kier molecular flexibility index (Phi) is 4.38. The largest absolute Gasteiger partial charge is 0.363 e. The Morgan fingerprint density at radius 3 is 2.74 bits per heavy atom. The SMILES string of the molecule is [2H]C([2H])([2H])NC(=O)c1cnc(NC(=O)C2CC2)cc1Nc1nc(C)cc2c1N(C)[C@@H](C)c1nn(C)nc1-2. The van der Waals surface area contributed by atoms with Gasteiger partial charge < -0.3 is 20.9 Å². The fraction of sp³-hybridized carbons (Fsp3) is 0.391. The Balaban J connectivity index is 1.60. The summed E-state index contributed by atoms with van der Waals surface area (Å²) >= 11 is 0. The van der Waals surface area contributed by atoms with Gasteiger partial charge in [-0.3, -0.25) is 9.59 Å². The number of nitrogens with zero attached hydrogens (tertiary/aromatic N) is 6. The highest BCUT2D eigenvalue weighted by atomic mass is 16.2. The van der Waals surface area contributed by atoms with Crippen molar-refractivity contribution in [1.29, 1.82) is 0 Å². The lowest BCUT2D eigenvalue weighted by Gasteiger charge is -2.33. The van der Waals surface area contributed by atoms with Crippen molar-refractivity contribution in [2.75, 3.05) is 29.6 Å². The van der Waals surface area contributed by atoms with Crippen LogP contribution in [-0.2, 0) is 11.8 Å². The van der Waals surface area contributed by atoms with Crippen LogP contribution in [0.5, 0.6) is 0 Å². The average molecular weight is 465 g/mol. The Morgan fingerprint density at radius 2 is 2.00 bits per heavy atom. The van der Waals surface area contributed by atoms with Crippen LogP contribution in [0.3, 0.4) is 0 Å². The number of aromatic nitrogens is 5. The van der Waals surface area contributed by atoms with Gasteiger partial charge in [0.1, 0.15) is 17.2 Å². The minimum Gasteiger partial charge on any atom is -0.363 e. The van der Waals surface area contributed by atoms with Gasteiger partial charge in [0, 0.05) is 54.6 Å². The fourth-order valence-corrected chi connectivity index (χ4v) is 4.14. The predicted molar refractivity (Wildman–Crippen MR) is 128 cm³/mol. The molecular formula is C23H27N9O2. The maximum atomic E-state index is 12.9. The number of fused-ring (bicyclic) bond motifs is 3. The zero-order valence-electron chi connectivity index (χ0n) is 22.3. The summed E-state index contributed by atoms with van der Waals surface area (Å²) in [5.41, 5.74) is 4.08. The van der Waals surface area contributed by atoms with E-state index in [0.29, 0.717) is 11.5 Å². The molecule has 1 aliphatic heterocycles. The molecule has 34 heavy (non-hydrogen) atoms. The van der Waals surface area contributed by atoms with Crippen molar-refractivity contribution >= 4 is 34.8 Å². The van der Waals surface area contributed by atoms with Gasteiger partial charge in [-0.05, 0) is 32.8 Å². The summed E-state index contributed by atoms with van der Waals surface area (Å²) in [7, 11) is 3.68. The minimum absolute atomic E-state index is 0.00990. The van der Waals surface area contributed by atoms with E-state index in [2.05, 4.69) is 25.8 Å². The summed E-state index contributed by atoms with van der Waals surface area (Å²) < 4.78 is 22.3. The highest BCUT2D eigenvalue weighted by Gasteiger charge is 2.33. The molecule has 4 heterocycles. The van der Waals surface area contributed by atoms with Crippen molar-refractivity contribution < 1.29 is 13.7 Å². The molecule has 0 unspecified atom stereocenters. The van der Waals surface area contributed by atoms with Gasteiger partial charge in [0.15, 0.2) is 5.82 Å². The molecule has 176 valence electrons. The molecule has 3 N–H and O–H groups in total. The van der Waals surface area contributed by atoms with E-state index < -0.39 is 12.9 Å². The second kappa shape index (κ2) is 8.08. The van der Waals surface area contributed by atoms with E-state index in [1.165, 1.54) is 17.1 Å². The highest BCUT2D eigenvalue weighted by molar-refractivity contribution is 6.02. The number of pyridine rings is 2. The number of nitrogens with one attached hydrogen (secondary N) is 3. The number of aryl methyl sites for hydroxylation is 2. The van der Waals surface area contributed by atoms with Crippen LogP contribution in [0.1, 0.15) is 51.7 Å². The number of amides is 2. The van der Waals surface area contributed by atoms with E-state index >= 15 is 0 Å². The summed E-state index contributed by atoms with van der Waals surface area (Å²) in [6.07, 6.45) is 2.88. The monoisotopic (exact) mass is 464 g/mol. The lowest BCUT2D eigenvalue weighted by Crippen LogP contribution is -2.28. The third-order valence-electron chi connectivity index (χ3n) is 6.16. The van der Waals surface area contributed by atoms with Gasteiger partial charge >= 0.3 is 0 Å². The molecule has 11 nitrogen and oxygen atoms in total. The first kappa shape index (κ1) is 18.4. The fourth-order valence-electron chi connectivity index (χ4n) is 4.14. The molecule has 0 bridgehead atoms. The van der Waals surface area contributed by atoms with Gasteiger partial charge in [0.05, 0.1) is 23.0 Å². The summed E-state index contributed by atoms with van der Waals surface area (Å²) in [4.78, 5) is 37.6. The van der Waals surface area contributed by atoms with Crippen LogP contribution >= 0.6 is 0 Å². The van der Waals surface area contributed by atoms with Crippen LogP contribution in [0, 0.1) is 12.8 Å². The van der Waals surface area contributed by atoms with Crippen LogP contribution in [0.15, 0.2) is 18.3 Å². The highest BCUT2D eigenvalue weighted by Crippen LogP contribution is 2.46. The normalized spacial score (nSPS) is 18.2. The third-order valence-corrected chi connectivity index (χ3v) is 6.16. The lowest BCUT2D eigenvalue weighted by atomic mass is 9.98. The van der Waals surface area contributed by atoms with E-state index in [0.717, 1.165) is 35.5 Å². The molecule has 1 atom stereocenters. The van der Waals surface area contributed by atoms with E-state index in [-0.39, 0.29) is 34.9 Å². The summed E-state index contributed by atoms with van der Waals surface area (Å²) in [5, 5.41) is 17.1. The molecule has 0 spiro atoms. The van der Waals surface area contributed by atoms with Crippen molar-refractivity contribution in [2.24, 2.45) is 13.0 Å². The molecule has 1 fully saturated rings. The molecule has 2 aliphatic rings. The van der Waals surface area contributed by atoms with Crippen molar-refractivity contribution in [2.45, 2.75) is 32.7 Å². The minimum atomic E-state index is -2.69. The van der Waals surface area contributed by atoms with Gasteiger partial charge in [0.2, 0.25) is 5.91 Å². The standard InChI is InChI=1S/C23H27N9O2/c1-11-8-14-19-18(29-32(5)30-19)12(2)31(4)20(14)21(26-11)27-16-9-17(28-22(33)13-6-7-13)25-10-15(16)23(34)24-3/h8-10,12-13H,6-7H2,1-5H3,(H,24,34)(H2,25,26,27,28,33)/t12-/m0/s1/i3D3. The molecule has 3 aromatic rings. The quantitative estimate of drug-likeness (QED) is 0.525. The number of hydrogen-bond donors (Lipinski definition) is 3. The second-order valence-corrected chi connectivity index (χ2v) is 8.68. The Labute approximate surface area is 201 Å². The van der Waals surface area contributed by atoms with Crippen LogP contribution in [-0.4, -0.2) is 50.8 Å². The van der Waals surface area contributed by atoms with Gasteiger partial charge in [0.25, 0.3) is 5.91 Å². The maximum Gasteiger partial charge on any atom is 0.254 e. The van der Waals surface area contributed by atoms with Crippen molar-refractivity contribution in [3.05, 3.63) is 35.3 Å². The molecule has 2 amide bonds. The molecule has 3 aromatic heterocycles. The van der Waals surface area contributed by atoms with E-state index in [1.54, 1.807) is 7.05 Å². The van der Waals surface area contributed by atoms with Crippen LogP contribution in [0.2, 0.25) is 0 Å². The molecule has 1 aliphatic carbocycles. The molecule has 0 saturated heterocycles. The first-order valence-electron chi connectivity index (χ1n) is 12.5. The lowest BCUT2D eigenvalue weighted by molar-refractivity contribution is -0.117. The Morgan fingerprint density at radius 1 is 1.21 bits per heavy atom. The van der Waals surface area contributed by atoms with Gasteiger partial charge in [-0.1, -0.05) is 0 Å². The van der Waals surface area contributed by atoms with Crippen molar-refractivity contribution in [3.8, 4) is 11.3 Å². The second-order valence-electron chi connectivity index (χ2n) is 8.68. The van der Waals surface area contributed by atoms with Crippen LogP contribution in [0.4, 0.5) is 23.0 Å². The smallest absolute Gasteiger partial charge is 0.254 e. The van der Waals surface area contributed by atoms with Crippen molar-refractivity contribution in [3.63, 3.8) is 0 Å². The topological polar surface area (TPSA) is 130 Å². The molecule has 1 saturated carbocycles. The van der Waals surface area contributed by atoms with Gasteiger partial charge in [-0.25, -0.2) is 9.97 Å². The van der Waals surface area contributed by atoms with E-state index in [1.807, 2.05) is 37.2 Å². The average Bonchev–Trinajstić information content (AvgIpc) is 3.57. The van der Waals surface area contributed by atoms with E-state index in [9.17, 15) is 9.59 Å². The van der Waals surface area contributed by atoms with Crippen LogP contribution < -0.4 is 20.9 Å². The first-order valence-corrected chi connectivity index (χ1v) is 11.0. The number of anilines is 4. The molecular weight excluding hydrogens is 434 g/mol. The number of hydrogen-bond acceptors (Lipinski definition) is 8. The van der Waals surface area contributed by atoms with Gasteiger partial charge in [-0.2, -0.15) is 15.0 Å². The number of carbonyl (C=O) groups is 2. The molecule has 11 heteroatoms. The number of rotatable bonds is 5. The van der Waals surface area contributed by atoms with Crippen molar-refractivity contribution in [1.82, 2.24) is 30.3 Å². The van der Waals surface area contributed by atoms with Gasteiger partial charge in [-0.15, -0.1) is 0 Å². The van der Waals surface area contributed by atoms with Crippen LogP contribution in [0.25, 0.3) is 11.3 Å².